The van der Waals surface area contributed by atoms with Crippen LogP contribution in [-0.2, 0) is 5.54 Å². The molecular weight excluding hydrogens is 218 g/mol. The van der Waals surface area contributed by atoms with Gasteiger partial charge in [0.1, 0.15) is 5.01 Å². The molecule has 4 heteroatoms. The van der Waals surface area contributed by atoms with E-state index in [1.165, 1.54) is 0 Å². The summed E-state index contributed by atoms with van der Waals surface area (Å²) in [6.07, 6.45) is 1.86. The van der Waals surface area contributed by atoms with Crippen LogP contribution in [0.25, 0.3) is 0 Å². The van der Waals surface area contributed by atoms with Gasteiger partial charge in [-0.3, -0.25) is 0 Å². The number of nitrogens with zero attached hydrogens (tertiary/aromatic N) is 1. The van der Waals surface area contributed by atoms with Gasteiger partial charge in [-0.15, -0.1) is 11.3 Å². The quantitative estimate of drug-likeness (QED) is 0.777. The van der Waals surface area contributed by atoms with Gasteiger partial charge < -0.3 is 10.6 Å². The third kappa shape index (κ3) is 4.60. The average Bonchev–Trinajstić information content (AvgIpc) is 2.64. The van der Waals surface area contributed by atoms with E-state index in [9.17, 15) is 0 Å². The minimum atomic E-state index is -0.0340. The van der Waals surface area contributed by atoms with Gasteiger partial charge in [0.25, 0.3) is 0 Å². The highest BCUT2D eigenvalue weighted by Gasteiger charge is 2.22. The molecule has 1 aromatic heterocycles. The van der Waals surface area contributed by atoms with Crippen molar-refractivity contribution in [3.05, 3.63) is 16.6 Å². The highest BCUT2D eigenvalue weighted by Crippen LogP contribution is 2.21. The number of thiazole rings is 1. The minimum Gasteiger partial charge on any atom is -0.311 e. The second-order valence-corrected chi connectivity index (χ2v) is 6.46. The summed E-state index contributed by atoms with van der Waals surface area (Å²) in [5.41, 5.74) is 0.154. The van der Waals surface area contributed by atoms with Crippen LogP contribution in [0.2, 0.25) is 0 Å². The molecule has 0 aromatic carbocycles. The first kappa shape index (κ1) is 13.6. The van der Waals surface area contributed by atoms with Gasteiger partial charge >= 0.3 is 0 Å². The zero-order chi connectivity index (χ0) is 12.2. The van der Waals surface area contributed by atoms with Gasteiger partial charge in [-0.1, -0.05) is 0 Å². The van der Waals surface area contributed by atoms with Crippen LogP contribution >= 0.6 is 11.3 Å². The number of hydrogen-bond donors (Lipinski definition) is 2. The maximum Gasteiger partial charge on any atom is 0.112 e. The highest BCUT2D eigenvalue weighted by atomic mass is 32.1. The van der Waals surface area contributed by atoms with Crippen molar-refractivity contribution in [2.24, 2.45) is 0 Å². The van der Waals surface area contributed by atoms with Crippen molar-refractivity contribution < 1.29 is 0 Å². The molecule has 92 valence electrons. The molecule has 2 N–H and O–H groups in total. The van der Waals surface area contributed by atoms with Crippen LogP contribution in [0.5, 0.6) is 0 Å². The van der Waals surface area contributed by atoms with Gasteiger partial charge in [0.2, 0.25) is 0 Å². The zero-order valence-corrected chi connectivity index (χ0v) is 11.7. The molecule has 0 amide bonds. The van der Waals surface area contributed by atoms with Crippen molar-refractivity contribution in [3.63, 3.8) is 0 Å². The Morgan fingerprint density at radius 1 is 1.12 bits per heavy atom. The molecule has 0 radical (unpaired) electrons. The summed E-state index contributed by atoms with van der Waals surface area (Å²) in [4.78, 5) is 4.35. The van der Waals surface area contributed by atoms with Crippen molar-refractivity contribution in [2.75, 3.05) is 13.1 Å². The molecule has 0 unspecified atom stereocenters. The second-order valence-electron chi connectivity index (χ2n) is 5.57. The third-order valence-corrected chi connectivity index (χ3v) is 3.41. The molecule has 0 bridgehead atoms. The molecule has 1 aromatic rings. The number of aromatic nitrogens is 1. The zero-order valence-electron chi connectivity index (χ0n) is 10.9. The maximum absolute atomic E-state index is 4.35. The van der Waals surface area contributed by atoms with E-state index in [2.05, 4.69) is 50.2 Å². The predicted molar refractivity (Wildman–Crippen MR) is 70.9 cm³/mol. The molecular formula is C12H23N3S. The lowest BCUT2D eigenvalue weighted by atomic mass is 10.1. The molecule has 3 nitrogen and oxygen atoms in total. The van der Waals surface area contributed by atoms with E-state index in [0.717, 1.165) is 18.1 Å². The Kier molecular flexibility index (Phi) is 4.47. The fourth-order valence-corrected chi connectivity index (χ4v) is 2.16. The molecule has 0 saturated carbocycles. The summed E-state index contributed by atoms with van der Waals surface area (Å²) < 4.78 is 0. The Labute approximate surface area is 103 Å². The molecule has 0 fully saturated rings. The summed E-state index contributed by atoms with van der Waals surface area (Å²) in [7, 11) is 0. The third-order valence-electron chi connectivity index (χ3n) is 2.31. The summed E-state index contributed by atoms with van der Waals surface area (Å²) in [5, 5.41) is 10.1. The molecule has 1 heterocycles. The Balaban J connectivity index is 2.32. The van der Waals surface area contributed by atoms with E-state index >= 15 is 0 Å². The van der Waals surface area contributed by atoms with Crippen LogP contribution in [0, 0.1) is 0 Å². The molecule has 0 aliphatic rings. The van der Waals surface area contributed by atoms with Gasteiger partial charge in [0.15, 0.2) is 0 Å². The highest BCUT2D eigenvalue weighted by molar-refractivity contribution is 7.09. The van der Waals surface area contributed by atoms with E-state index in [4.69, 9.17) is 0 Å². The summed E-state index contributed by atoms with van der Waals surface area (Å²) in [5.74, 6) is 0. The lowest BCUT2D eigenvalue weighted by Gasteiger charge is -2.26. The van der Waals surface area contributed by atoms with Gasteiger partial charge in [0.05, 0.1) is 5.54 Å². The van der Waals surface area contributed by atoms with Crippen LogP contribution < -0.4 is 10.6 Å². The van der Waals surface area contributed by atoms with Crippen molar-refractivity contribution in [3.8, 4) is 0 Å². The first-order valence-electron chi connectivity index (χ1n) is 5.71. The maximum atomic E-state index is 4.35. The Hall–Kier alpha value is -0.450. The lowest BCUT2D eigenvalue weighted by Crippen LogP contribution is -2.44. The Morgan fingerprint density at radius 3 is 2.25 bits per heavy atom. The number of rotatable bonds is 5. The topological polar surface area (TPSA) is 37.0 Å². The predicted octanol–water partition coefficient (Wildman–Crippen LogP) is 2.36. The molecule has 1 rings (SSSR count). The second kappa shape index (κ2) is 5.25. The minimum absolute atomic E-state index is 0.0340. The SMILES string of the molecule is CC(C)(C)NCCNC(C)(C)c1nccs1. The summed E-state index contributed by atoms with van der Waals surface area (Å²) in [6.45, 7) is 12.8. The van der Waals surface area contributed by atoms with E-state index in [0.29, 0.717) is 0 Å². The van der Waals surface area contributed by atoms with E-state index in [-0.39, 0.29) is 11.1 Å². The van der Waals surface area contributed by atoms with Gasteiger partial charge in [-0.25, -0.2) is 4.98 Å². The van der Waals surface area contributed by atoms with Crippen LogP contribution in [-0.4, -0.2) is 23.6 Å². The van der Waals surface area contributed by atoms with Crippen LogP contribution in [0.4, 0.5) is 0 Å². The van der Waals surface area contributed by atoms with Gasteiger partial charge in [0, 0.05) is 30.2 Å². The summed E-state index contributed by atoms with van der Waals surface area (Å²) >= 11 is 1.70. The van der Waals surface area contributed by atoms with E-state index in [1.807, 2.05) is 11.6 Å². The average molecular weight is 241 g/mol. The normalized spacial score (nSPS) is 13.1. The summed E-state index contributed by atoms with van der Waals surface area (Å²) in [6, 6.07) is 0. The molecule has 0 saturated heterocycles. The first-order valence-corrected chi connectivity index (χ1v) is 6.59. The van der Waals surface area contributed by atoms with Gasteiger partial charge in [-0.05, 0) is 34.6 Å². The number of hydrogen-bond acceptors (Lipinski definition) is 4. The van der Waals surface area contributed by atoms with Gasteiger partial charge in [-0.2, -0.15) is 0 Å². The fourth-order valence-electron chi connectivity index (χ4n) is 1.42. The van der Waals surface area contributed by atoms with Crippen molar-refractivity contribution in [1.82, 2.24) is 15.6 Å². The van der Waals surface area contributed by atoms with Crippen LogP contribution in [0.1, 0.15) is 39.6 Å². The first-order chi connectivity index (χ1) is 7.31. The molecule has 16 heavy (non-hydrogen) atoms. The smallest absolute Gasteiger partial charge is 0.112 e. The van der Waals surface area contributed by atoms with E-state index in [1.54, 1.807) is 11.3 Å². The van der Waals surface area contributed by atoms with Crippen LogP contribution in [0.15, 0.2) is 11.6 Å². The van der Waals surface area contributed by atoms with E-state index < -0.39 is 0 Å². The molecule has 0 spiro atoms. The lowest BCUT2D eigenvalue weighted by molar-refractivity contribution is 0.368. The molecule has 0 aliphatic carbocycles. The molecule has 0 atom stereocenters. The Morgan fingerprint density at radius 2 is 1.75 bits per heavy atom. The largest absolute Gasteiger partial charge is 0.311 e. The standard InChI is InChI=1S/C12H23N3S/c1-11(2,3)14-6-7-15-12(4,5)10-13-8-9-16-10/h8-9,14-15H,6-7H2,1-5H3. The fraction of sp³-hybridized carbons (Fsp3) is 0.750. The number of nitrogens with one attached hydrogen (secondary N) is 2. The van der Waals surface area contributed by atoms with Crippen molar-refractivity contribution in [2.45, 2.75) is 45.7 Å². The Bertz CT molecular complexity index is 299. The molecule has 0 aliphatic heterocycles. The van der Waals surface area contributed by atoms with Crippen LogP contribution in [0.3, 0.4) is 0 Å². The van der Waals surface area contributed by atoms with Crippen molar-refractivity contribution in [1.29, 1.82) is 0 Å². The van der Waals surface area contributed by atoms with Crippen molar-refractivity contribution >= 4 is 11.3 Å². The monoisotopic (exact) mass is 241 g/mol.